The van der Waals surface area contributed by atoms with Crippen LogP contribution < -0.4 is 4.90 Å². The molecule has 0 atom stereocenters. The molecule has 0 unspecified atom stereocenters. The zero-order valence-corrected chi connectivity index (χ0v) is 42.5. The Morgan fingerprint density at radius 3 is 1.18 bits per heavy atom. The number of rotatable bonds is 12. The van der Waals surface area contributed by atoms with Gasteiger partial charge in [0.1, 0.15) is 0 Å². The summed E-state index contributed by atoms with van der Waals surface area (Å²) < 4.78 is 0. The highest BCUT2D eigenvalue weighted by Gasteiger charge is 2.28. The smallest absolute Gasteiger partial charge is 0.241 e. The van der Waals surface area contributed by atoms with Crippen molar-refractivity contribution in [1.29, 1.82) is 0 Å². The molecule has 0 aliphatic rings. The van der Waals surface area contributed by atoms with E-state index in [1.807, 2.05) is 83.8 Å². The first-order valence-corrected chi connectivity index (χ1v) is 25.1. The minimum atomic E-state index is -0.0352. The van der Waals surface area contributed by atoms with E-state index in [0.717, 1.165) is 55.8 Å². The molecular formula is C67H55N7. The number of hydrogen-bond donors (Lipinski definition) is 0. The van der Waals surface area contributed by atoms with Gasteiger partial charge < -0.3 is 0 Å². The summed E-state index contributed by atoms with van der Waals surface area (Å²) in [6.45, 7) is 13.3. The van der Waals surface area contributed by atoms with Gasteiger partial charge in [0.25, 0.3) is 0 Å². The van der Waals surface area contributed by atoms with Gasteiger partial charge in [-0.3, -0.25) is 0 Å². The van der Waals surface area contributed by atoms with Crippen LogP contribution in [0.3, 0.4) is 0 Å². The van der Waals surface area contributed by atoms with Gasteiger partial charge in [-0.05, 0) is 121 Å². The van der Waals surface area contributed by atoms with Crippen LogP contribution in [0.1, 0.15) is 56.0 Å². The molecule has 358 valence electrons. The average molecular weight is 958 g/mol. The van der Waals surface area contributed by atoms with Gasteiger partial charge in [0.05, 0.1) is 5.69 Å². The summed E-state index contributed by atoms with van der Waals surface area (Å²) in [7, 11) is 0. The van der Waals surface area contributed by atoms with Crippen LogP contribution in [0.2, 0.25) is 0 Å². The number of aryl methyl sites for hydroxylation is 6. The van der Waals surface area contributed by atoms with Crippen LogP contribution in [0.5, 0.6) is 0 Å². The maximum absolute atomic E-state index is 5.45. The van der Waals surface area contributed by atoms with Gasteiger partial charge in [-0.2, -0.15) is 19.9 Å². The number of benzene rings is 9. The van der Waals surface area contributed by atoms with Crippen LogP contribution in [-0.4, -0.2) is 29.9 Å². The molecule has 74 heavy (non-hydrogen) atoms. The maximum Gasteiger partial charge on any atom is 0.241 e. The summed E-state index contributed by atoms with van der Waals surface area (Å²) in [6.07, 6.45) is 0. The van der Waals surface area contributed by atoms with E-state index in [1.54, 1.807) is 0 Å². The third kappa shape index (κ3) is 9.63. The molecule has 0 fully saturated rings. The highest BCUT2D eigenvalue weighted by Crippen LogP contribution is 2.42. The molecule has 0 N–H and O–H groups in total. The summed E-state index contributed by atoms with van der Waals surface area (Å²) >= 11 is 0. The Hall–Kier alpha value is -9.20. The van der Waals surface area contributed by atoms with E-state index in [-0.39, 0.29) is 5.92 Å². The lowest BCUT2D eigenvalue weighted by atomic mass is 9.77. The third-order valence-corrected chi connectivity index (χ3v) is 13.7. The predicted octanol–water partition coefficient (Wildman–Crippen LogP) is 16.6. The van der Waals surface area contributed by atoms with E-state index < -0.39 is 0 Å². The second-order valence-corrected chi connectivity index (χ2v) is 19.1. The fraction of sp³-hybridized carbons (Fsp3) is 0.104. The molecule has 7 heteroatoms. The van der Waals surface area contributed by atoms with E-state index >= 15 is 0 Å². The minimum Gasteiger partial charge on any atom is -0.246 e. The second-order valence-electron chi connectivity index (χ2n) is 19.1. The van der Waals surface area contributed by atoms with E-state index in [1.165, 1.54) is 44.5 Å². The lowest BCUT2D eigenvalue weighted by Gasteiger charge is -2.28. The van der Waals surface area contributed by atoms with Crippen molar-refractivity contribution < 1.29 is 0 Å². The quantitative estimate of drug-likeness (QED) is 0.113. The molecule has 0 bridgehead atoms. The maximum atomic E-state index is 5.45. The van der Waals surface area contributed by atoms with E-state index in [0.29, 0.717) is 35.2 Å². The molecule has 11 rings (SSSR count). The molecule has 2 heterocycles. The molecule has 2 aromatic heterocycles. The highest BCUT2D eigenvalue weighted by molar-refractivity contribution is 5.83. The third-order valence-electron chi connectivity index (χ3n) is 13.7. The van der Waals surface area contributed by atoms with E-state index in [4.69, 9.17) is 29.9 Å². The van der Waals surface area contributed by atoms with Crippen molar-refractivity contribution in [2.75, 3.05) is 4.90 Å². The molecule has 0 saturated carbocycles. The van der Waals surface area contributed by atoms with Crippen molar-refractivity contribution in [2.45, 2.75) is 47.5 Å². The van der Waals surface area contributed by atoms with Crippen molar-refractivity contribution in [3.05, 3.63) is 268 Å². The van der Waals surface area contributed by atoms with Crippen molar-refractivity contribution in [3.63, 3.8) is 0 Å². The van der Waals surface area contributed by atoms with Gasteiger partial charge in [-0.25, -0.2) is 14.9 Å². The standard InChI is InChI=1S/C67H55N7/c1-43-38-45(3)59(46(4)39-43)61(60-47(5)40-44(2)41-48(60)6)51-34-36-56(37-35-51)74(66-70-62(52-26-15-9-16-27-52)68-64(72-66)55-31-21-30-54(42-55)49-22-11-7-12-23-49)67-71-63(53-28-17-10-18-29-53)69-65(73-67)58-33-20-19-32-57(58)50-24-13-8-14-25-50/h7-42,61H,1-6H3. The predicted molar refractivity (Wildman–Crippen MR) is 303 cm³/mol. The van der Waals surface area contributed by atoms with Gasteiger partial charge in [-0.15, -0.1) is 0 Å². The monoisotopic (exact) mass is 957 g/mol. The number of nitrogens with zero attached hydrogens (tertiary/aromatic N) is 7. The molecule has 0 radical (unpaired) electrons. The summed E-state index contributed by atoms with van der Waals surface area (Å²) in [5, 5.41) is 0. The van der Waals surface area contributed by atoms with Crippen LogP contribution >= 0.6 is 0 Å². The Bertz CT molecular complexity index is 3680. The largest absolute Gasteiger partial charge is 0.246 e. The van der Waals surface area contributed by atoms with Crippen molar-refractivity contribution in [2.24, 2.45) is 0 Å². The fourth-order valence-electron chi connectivity index (χ4n) is 10.5. The molecule has 0 amide bonds. The normalized spacial score (nSPS) is 11.2. The van der Waals surface area contributed by atoms with Crippen LogP contribution in [0.25, 0.3) is 67.8 Å². The number of anilines is 3. The van der Waals surface area contributed by atoms with Gasteiger partial charge in [-0.1, -0.05) is 211 Å². The molecule has 0 aliphatic carbocycles. The van der Waals surface area contributed by atoms with Gasteiger partial charge in [0.15, 0.2) is 23.3 Å². The topological polar surface area (TPSA) is 80.6 Å². The van der Waals surface area contributed by atoms with Crippen LogP contribution in [0.15, 0.2) is 218 Å². The van der Waals surface area contributed by atoms with Gasteiger partial charge in [0, 0.05) is 28.2 Å². The zero-order valence-electron chi connectivity index (χ0n) is 42.5. The first-order chi connectivity index (χ1) is 36.1. The van der Waals surface area contributed by atoms with E-state index in [9.17, 15) is 0 Å². The second kappa shape index (κ2) is 20.5. The number of aromatic nitrogens is 6. The molecular weight excluding hydrogens is 903 g/mol. The van der Waals surface area contributed by atoms with Crippen LogP contribution in [0, 0.1) is 41.5 Å². The Morgan fingerprint density at radius 1 is 0.297 bits per heavy atom. The van der Waals surface area contributed by atoms with Crippen molar-refractivity contribution in [1.82, 2.24) is 29.9 Å². The van der Waals surface area contributed by atoms with Gasteiger partial charge >= 0.3 is 0 Å². The molecule has 9 aromatic carbocycles. The summed E-state index contributed by atoms with van der Waals surface area (Å²) in [5.74, 6) is 2.72. The molecule has 7 nitrogen and oxygen atoms in total. The van der Waals surface area contributed by atoms with Crippen molar-refractivity contribution in [3.8, 4) is 67.8 Å². The first-order valence-electron chi connectivity index (χ1n) is 25.1. The number of hydrogen-bond acceptors (Lipinski definition) is 7. The summed E-state index contributed by atoms with van der Waals surface area (Å²) in [5.41, 5.74) is 19.7. The Labute approximate surface area is 434 Å². The van der Waals surface area contributed by atoms with Crippen LogP contribution in [0.4, 0.5) is 17.6 Å². The minimum absolute atomic E-state index is 0.0352. The summed E-state index contributed by atoms with van der Waals surface area (Å²) in [6, 6.07) is 75.6. The van der Waals surface area contributed by atoms with Crippen LogP contribution in [-0.2, 0) is 0 Å². The van der Waals surface area contributed by atoms with Gasteiger partial charge in [0.2, 0.25) is 11.9 Å². The Kier molecular flexibility index (Phi) is 13.1. The first kappa shape index (κ1) is 47.1. The van der Waals surface area contributed by atoms with E-state index in [2.05, 4.69) is 181 Å². The summed E-state index contributed by atoms with van der Waals surface area (Å²) in [4.78, 5) is 34.0. The highest BCUT2D eigenvalue weighted by atomic mass is 15.4. The molecule has 0 aliphatic heterocycles. The molecule has 11 aromatic rings. The SMILES string of the molecule is Cc1cc(C)c(C(c2ccc(N(c3nc(-c4ccccc4)nc(-c4cccc(-c5ccccc5)c4)n3)c3nc(-c4ccccc4)nc(-c4ccccc4-c4ccccc4)n3)cc2)c2c(C)cc(C)cc2C)c(C)c1. The molecule has 0 saturated heterocycles. The Morgan fingerprint density at radius 2 is 0.676 bits per heavy atom. The zero-order chi connectivity index (χ0) is 50.7. The van der Waals surface area contributed by atoms with Crippen molar-refractivity contribution >= 4 is 17.6 Å². The lowest BCUT2D eigenvalue weighted by Crippen LogP contribution is -2.19. The average Bonchev–Trinajstić information content (AvgIpc) is 3.43. The fourth-order valence-corrected chi connectivity index (χ4v) is 10.5. The lowest BCUT2D eigenvalue weighted by molar-refractivity contribution is 0.917. The molecule has 0 spiro atoms. The Balaban J connectivity index is 1.17.